The third-order valence-corrected chi connectivity index (χ3v) is 4.63. The summed E-state index contributed by atoms with van der Waals surface area (Å²) in [4.78, 5) is 18.9. The van der Waals surface area contributed by atoms with Crippen molar-refractivity contribution in [3.8, 4) is 0 Å². The van der Waals surface area contributed by atoms with Gasteiger partial charge in [0.05, 0.1) is 0 Å². The monoisotopic (exact) mass is 291 g/mol. The lowest BCUT2D eigenvalue weighted by atomic mass is 9.95. The zero-order valence-corrected chi connectivity index (χ0v) is 12.8. The van der Waals surface area contributed by atoms with Gasteiger partial charge in [0.2, 0.25) is 5.95 Å². The lowest BCUT2D eigenvalue weighted by Gasteiger charge is -2.40. The van der Waals surface area contributed by atoms with E-state index in [1.807, 2.05) is 0 Å². The Labute approximate surface area is 125 Å². The van der Waals surface area contributed by atoms with Crippen molar-refractivity contribution in [2.45, 2.75) is 76.9 Å². The number of nitrogens with zero attached hydrogens (tertiary/aromatic N) is 4. The van der Waals surface area contributed by atoms with Gasteiger partial charge in [-0.3, -0.25) is 10.00 Å². The van der Waals surface area contributed by atoms with Crippen molar-refractivity contribution in [2.24, 2.45) is 0 Å². The first kappa shape index (κ1) is 14.4. The van der Waals surface area contributed by atoms with Gasteiger partial charge in [-0.05, 0) is 38.5 Å². The van der Waals surface area contributed by atoms with E-state index in [0.717, 1.165) is 38.6 Å². The lowest BCUT2D eigenvalue weighted by molar-refractivity contribution is 0.119. The maximum atomic E-state index is 12.6. The highest BCUT2D eigenvalue weighted by Gasteiger charge is 2.35. The van der Waals surface area contributed by atoms with Crippen molar-refractivity contribution in [1.82, 2.24) is 19.7 Å². The molecule has 3 heterocycles. The summed E-state index contributed by atoms with van der Waals surface area (Å²) in [6.45, 7) is 2.93. The van der Waals surface area contributed by atoms with Crippen LogP contribution in [0.1, 0.15) is 58.3 Å². The van der Waals surface area contributed by atoms with Crippen LogP contribution in [0.25, 0.3) is 0 Å². The summed E-state index contributed by atoms with van der Waals surface area (Å²) in [6, 6.07) is 0.800. The average Bonchev–Trinajstić information content (AvgIpc) is 2.86. The van der Waals surface area contributed by atoms with Crippen LogP contribution in [0.3, 0.4) is 0 Å². The topological polar surface area (TPSA) is 63.1 Å². The van der Waals surface area contributed by atoms with E-state index in [2.05, 4.69) is 27.2 Å². The van der Waals surface area contributed by atoms with Crippen LogP contribution in [0.4, 0.5) is 10.7 Å². The minimum Gasteiger partial charge on any atom is -0.318 e. The van der Waals surface area contributed by atoms with Crippen LogP contribution in [0, 0.1) is 0 Å². The largest absolute Gasteiger partial charge is 0.324 e. The Morgan fingerprint density at radius 2 is 1.90 bits per heavy atom. The number of urea groups is 1. The minimum absolute atomic E-state index is 0.0131. The van der Waals surface area contributed by atoms with Crippen LogP contribution in [0.2, 0.25) is 0 Å². The van der Waals surface area contributed by atoms with E-state index in [4.69, 9.17) is 0 Å². The zero-order chi connectivity index (χ0) is 14.7. The van der Waals surface area contributed by atoms with Gasteiger partial charge in [0.1, 0.15) is 6.33 Å². The number of nitrogens with one attached hydrogen (secondary N) is 1. The lowest BCUT2D eigenvalue weighted by Crippen LogP contribution is -2.50. The van der Waals surface area contributed by atoms with Crippen molar-refractivity contribution in [2.75, 3.05) is 5.32 Å². The highest BCUT2D eigenvalue weighted by atomic mass is 16.2. The number of carbonyl (C=O) groups is 1. The molecule has 6 nitrogen and oxygen atoms in total. The van der Waals surface area contributed by atoms with Crippen LogP contribution in [-0.2, 0) is 6.54 Å². The molecule has 0 aliphatic carbocycles. The van der Waals surface area contributed by atoms with Gasteiger partial charge in [-0.25, -0.2) is 9.78 Å². The molecule has 0 aromatic carbocycles. The van der Waals surface area contributed by atoms with Gasteiger partial charge >= 0.3 is 6.03 Å². The molecule has 1 N–H and O–H groups in total. The molecule has 0 radical (unpaired) electrons. The van der Waals surface area contributed by atoms with Crippen molar-refractivity contribution < 1.29 is 4.79 Å². The number of amides is 2. The molecule has 2 atom stereocenters. The van der Waals surface area contributed by atoms with Gasteiger partial charge in [0, 0.05) is 18.6 Å². The zero-order valence-electron chi connectivity index (χ0n) is 12.8. The van der Waals surface area contributed by atoms with Gasteiger partial charge in [-0.2, -0.15) is 0 Å². The van der Waals surface area contributed by atoms with Gasteiger partial charge in [0.15, 0.2) is 0 Å². The fourth-order valence-electron chi connectivity index (χ4n) is 3.67. The number of rotatable bonds is 3. The number of carbonyl (C=O) groups excluding carboxylic acids is 1. The fraction of sp³-hybridized carbons (Fsp3) is 0.800. The van der Waals surface area contributed by atoms with E-state index >= 15 is 0 Å². The van der Waals surface area contributed by atoms with Gasteiger partial charge < -0.3 is 4.90 Å². The summed E-state index contributed by atoms with van der Waals surface area (Å²) in [5, 5.41) is 7.19. The maximum Gasteiger partial charge on any atom is 0.324 e. The van der Waals surface area contributed by atoms with E-state index in [0.29, 0.717) is 18.0 Å². The van der Waals surface area contributed by atoms with Gasteiger partial charge in [0.25, 0.3) is 0 Å². The molecule has 2 aliphatic heterocycles. The normalized spacial score (nSPS) is 25.5. The number of aromatic nitrogens is 3. The molecule has 1 aromatic rings. The molecule has 116 valence electrons. The summed E-state index contributed by atoms with van der Waals surface area (Å²) in [6.07, 6.45) is 11.0. The van der Waals surface area contributed by atoms with E-state index in [1.165, 1.54) is 19.3 Å². The molecular formula is C15H25N5O. The van der Waals surface area contributed by atoms with Crippen molar-refractivity contribution >= 4 is 12.0 Å². The Morgan fingerprint density at radius 3 is 2.57 bits per heavy atom. The van der Waals surface area contributed by atoms with E-state index in [9.17, 15) is 4.79 Å². The van der Waals surface area contributed by atoms with Crippen LogP contribution in [-0.4, -0.2) is 37.8 Å². The number of piperidine rings is 1. The summed E-state index contributed by atoms with van der Waals surface area (Å²) in [5.74, 6) is 0.427. The molecule has 2 aliphatic rings. The third-order valence-electron chi connectivity index (χ3n) is 4.63. The third kappa shape index (κ3) is 3.19. The predicted molar refractivity (Wildman–Crippen MR) is 81.1 cm³/mol. The molecule has 6 heteroatoms. The van der Waals surface area contributed by atoms with E-state index in [-0.39, 0.29) is 6.03 Å². The average molecular weight is 291 g/mol. The molecule has 21 heavy (non-hydrogen) atoms. The molecule has 0 spiro atoms. The molecule has 3 rings (SSSR count). The van der Waals surface area contributed by atoms with Crippen LogP contribution >= 0.6 is 0 Å². The first-order valence-corrected chi connectivity index (χ1v) is 8.26. The molecule has 2 fully saturated rings. The molecule has 0 saturated carbocycles. The Morgan fingerprint density at radius 1 is 1.24 bits per heavy atom. The van der Waals surface area contributed by atoms with Gasteiger partial charge in [-0.1, -0.05) is 19.8 Å². The summed E-state index contributed by atoms with van der Waals surface area (Å²) in [5.41, 5.74) is 0. The number of aryl methyl sites for hydroxylation is 1. The first-order chi connectivity index (χ1) is 10.3. The van der Waals surface area contributed by atoms with Crippen LogP contribution in [0.5, 0.6) is 0 Å². The van der Waals surface area contributed by atoms with Crippen LogP contribution in [0.15, 0.2) is 6.33 Å². The summed E-state index contributed by atoms with van der Waals surface area (Å²) >= 11 is 0. The molecule has 2 bridgehead atoms. The van der Waals surface area contributed by atoms with Crippen molar-refractivity contribution in [3.05, 3.63) is 6.33 Å². The SMILES string of the molecule is CCCn1cnc(NC(=O)N2C3CCCCC2CCC3)n1. The number of anilines is 1. The predicted octanol–water partition coefficient (Wildman–Crippen LogP) is 3.02. The molecule has 2 saturated heterocycles. The Balaban J connectivity index is 1.68. The number of hydrogen-bond acceptors (Lipinski definition) is 3. The van der Waals surface area contributed by atoms with Gasteiger partial charge in [-0.15, -0.1) is 5.10 Å². The molecule has 2 amide bonds. The second-order valence-electron chi connectivity index (χ2n) is 6.19. The highest BCUT2D eigenvalue weighted by Crippen LogP contribution is 2.32. The van der Waals surface area contributed by atoms with Crippen LogP contribution < -0.4 is 5.32 Å². The highest BCUT2D eigenvalue weighted by molar-refractivity contribution is 5.88. The Hall–Kier alpha value is -1.59. The number of fused-ring (bicyclic) bond motifs is 2. The molecule has 2 unspecified atom stereocenters. The maximum absolute atomic E-state index is 12.6. The standard InChI is InChI=1S/C15H25N5O/c1-2-10-19-11-16-14(18-19)17-15(21)20-12-6-3-4-7-13(20)9-5-8-12/h11-13H,2-10H2,1H3,(H,17,18,21). The second kappa shape index (κ2) is 6.45. The second-order valence-corrected chi connectivity index (χ2v) is 6.19. The summed E-state index contributed by atoms with van der Waals surface area (Å²) in [7, 11) is 0. The van der Waals surface area contributed by atoms with E-state index < -0.39 is 0 Å². The minimum atomic E-state index is -0.0131. The molecular weight excluding hydrogens is 266 g/mol. The van der Waals surface area contributed by atoms with Crippen molar-refractivity contribution in [1.29, 1.82) is 0 Å². The van der Waals surface area contributed by atoms with Crippen molar-refractivity contribution in [3.63, 3.8) is 0 Å². The molecule has 1 aromatic heterocycles. The Kier molecular flexibility index (Phi) is 4.41. The number of hydrogen-bond donors (Lipinski definition) is 1. The smallest absolute Gasteiger partial charge is 0.318 e. The Bertz CT molecular complexity index is 472. The first-order valence-electron chi connectivity index (χ1n) is 8.26. The quantitative estimate of drug-likeness (QED) is 0.931. The summed E-state index contributed by atoms with van der Waals surface area (Å²) < 4.78 is 1.78. The fourth-order valence-corrected chi connectivity index (χ4v) is 3.67. The van der Waals surface area contributed by atoms with E-state index in [1.54, 1.807) is 11.0 Å².